The predicted molar refractivity (Wildman–Crippen MR) is 75.7 cm³/mol. The molecular formula is C14H21N3O4. The number of carboxylic acids is 1. The Bertz CT molecular complexity index is 467. The second kappa shape index (κ2) is 6.15. The minimum absolute atomic E-state index is 0.0489. The van der Waals surface area contributed by atoms with Crippen LogP contribution in [0.3, 0.4) is 0 Å². The second-order valence-corrected chi connectivity index (χ2v) is 5.64. The smallest absolute Gasteiger partial charge is 0.330 e. The molecule has 1 N–H and O–H groups in total. The van der Waals surface area contributed by atoms with E-state index in [-0.39, 0.29) is 17.9 Å². The lowest BCUT2D eigenvalue weighted by Crippen LogP contribution is -2.49. The van der Waals surface area contributed by atoms with E-state index in [4.69, 9.17) is 5.11 Å². The molecule has 2 heterocycles. The summed E-state index contributed by atoms with van der Waals surface area (Å²) >= 11 is 0. The third kappa shape index (κ3) is 3.17. The number of urea groups is 1. The van der Waals surface area contributed by atoms with Crippen molar-refractivity contribution < 1.29 is 19.5 Å². The van der Waals surface area contributed by atoms with Crippen molar-refractivity contribution in [1.82, 2.24) is 14.7 Å². The average molecular weight is 295 g/mol. The lowest BCUT2D eigenvalue weighted by Gasteiger charge is -2.35. The number of amides is 3. The average Bonchev–Trinajstić information content (AvgIpc) is 2.95. The summed E-state index contributed by atoms with van der Waals surface area (Å²) in [5, 5.41) is 9.10. The molecule has 1 saturated heterocycles. The maximum atomic E-state index is 12.4. The lowest BCUT2D eigenvalue weighted by atomic mass is 9.95. The number of aliphatic carboxylic acids is 1. The Labute approximate surface area is 123 Å². The number of carbonyl (C=O) groups excluding carboxylic acids is 2. The number of rotatable bonds is 2. The molecule has 0 aromatic rings. The van der Waals surface area contributed by atoms with Crippen LogP contribution in [0.15, 0.2) is 12.2 Å². The SMILES string of the molecule is CN(C)C(=O)N1CCC(C(=O)N2CC=C[C@H]2C(=O)O)CC1. The Morgan fingerprint density at radius 2 is 1.81 bits per heavy atom. The Balaban J connectivity index is 1.92. The topological polar surface area (TPSA) is 81.2 Å². The van der Waals surface area contributed by atoms with Crippen LogP contribution >= 0.6 is 0 Å². The van der Waals surface area contributed by atoms with Crippen LogP contribution in [0.4, 0.5) is 4.79 Å². The van der Waals surface area contributed by atoms with E-state index in [1.54, 1.807) is 31.1 Å². The molecule has 0 aliphatic carbocycles. The summed E-state index contributed by atoms with van der Waals surface area (Å²) < 4.78 is 0. The molecule has 21 heavy (non-hydrogen) atoms. The van der Waals surface area contributed by atoms with Crippen molar-refractivity contribution >= 4 is 17.9 Å². The van der Waals surface area contributed by atoms with Gasteiger partial charge in [0.1, 0.15) is 6.04 Å². The number of hydrogen-bond donors (Lipinski definition) is 1. The molecule has 2 aliphatic heterocycles. The van der Waals surface area contributed by atoms with Gasteiger partial charge in [-0.3, -0.25) is 4.79 Å². The van der Waals surface area contributed by atoms with Crippen LogP contribution in [-0.2, 0) is 9.59 Å². The summed E-state index contributed by atoms with van der Waals surface area (Å²) in [5.41, 5.74) is 0. The summed E-state index contributed by atoms with van der Waals surface area (Å²) in [5.74, 6) is -1.32. The van der Waals surface area contributed by atoms with Crippen LogP contribution < -0.4 is 0 Å². The first-order chi connectivity index (χ1) is 9.91. The van der Waals surface area contributed by atoms with Gasteiger partial charge in [-0.1, -0.05) is 12.2 Å². The molecule has 0 radical (unpaired) electrons. The number of carboxylic acid groups (broad SMARTS) is 1. The normalized spacial score (nSPS) is 22.5. The largest absolute Gasteiger partial charge is 0.479 e. The molecule has 0 aromatic carbocycles. The Kier molecular flexibility index (Phi) is 4.50. The van der Waals surface area contributed by atoms with Crippen LogP contribution in [-0.4, -0.2) is 77.5 Å². The molecule has 0 spiro atoms. The molecule has 0 saturated carbocycles. The van der Waals surface area contributed by atoms with Crippen LogP contribution in [0.25, 0.3) is 0 Å². The monoisotopic (exact) mass is 295 g/mol. The standard InChI is InChI=1S/C14H21N3O4/c1-15(2)14(21)16-8-5-10(6-9-16)12(18)17-7-3-4-11(17)13(19)20/h3-4,10-11H,5-9H2,1-2H3,(H,19,20)/t11-/m0/s1. The van der Waals surface area contributed by atoms with Crippen molar-refractivity contribution in [1.29, 1.82) is 0 Å². The van der Waals surface area contributed by atoms with E-state index in [2.05, 4.69) is 0 Å². The van der Waals surface area contributed by atoms with E-state index < -0.39 is 12.0 Å². The van der Waals surface area contributed by atoms with Gasteiger partial charge in [0.2, 0.25) is 5.91 Å². The summed E-state index contributed by atoms with van der Waals surface area (Å²) in [6, 6.07) is -0.897. The van der Waals surface area contributed by atoms with E-state index >= 15 is 0 Å². The summed E-state index contributed by atoms with van der Waals surface area (Å²) in [4.78, 5) is 40.0. The third-order valence-corrected chi connectivity index (χ3v) is 3.99. The number of likely N-dealkylation sites (tertiary alicyclic amines) is 1. The summed E-state index contributed by atoms with van der Waals surface area (Å²) in [6.07, 6.45) is 4.43. The molecule has 116 valence electrons. The maximum absolute atomic E-state index is 12.4. The van der Waals surface area contributed by atoms with Gasteiger partial charge in [0.05, 0.1) is 0 Å². The van der Waals surface area contributed by atoms with E-state index in [1.807, 2.05) is 0 Å². The predicted octanol–water partition coefficient (Wildman–Crippen LogP) is 0.232. The highest BCUT2D eigenvalue weighted by molar-refractivity contribution is 5.87. The second-order valence-electron chi connectivity index (χ2n) is 5.64. The molecule has 7 heteroatoms. The quantitative estimate of drug-likeness (QED) is 0.740. The first-order valence-electron chi connectivity index (χ1n) is 7.08. The molecule has 1 fully saturated rings. The fourth-order valence-electron chi connectivity index (χ4n) is 2.80. The molecule has 1 atom stereocenters. The zero-order chi connectivity index (χ0) is 15.6. The molecule has 0 aromatic heterocycles. The van der Waals surface area contributed by atoms with Crippen molar-refractivity contribution in [3.8, 4) is 0 Å². The Morgan fingerprint density at radius 1 is 1.19 bits per heavy atom. The van der Waals surface area contributed by atoms with E-state index in [0.29, 0.717) is 32.5 Å². The molecule has 2 rings (SSSR count). The first kappa shape index (κ1) is 15.3. The van der Waals surface area contributed by atoms with E-state index in [1.165, 1.54) is 9.80 Å². The highest BCUT2D eigenvalue weighted by atomic mass is 16.4. The van der Waals surface area contributed by atoms with Crippen LogP contribution in [0.1, 0.15) is 12.8 Å². The number of hydrogen-bond acceptors (Lipinski definition) is 3. The first-order valence-corrected chi connectivity index (χ1v) is 7.08. The van der Waals surface area contributed by atoms with Gasteiger partial charge in [-0.05, 0) is 12.8 Å². The molecular weight excluding hydrogens is 274 g/mol. The fraction of sp³-hybridized carbons (Fsp3) is 0.643. The van der Waals surface area contributed by atoms with Gasteiger partial charge in [-0.25, -0.2) is 9.59 Å². The van der Waals surface area contributed by atoms with Crippen LogP contribution in [0.5, 0.6) is 0 Å². The van der Waals surface area contributed by atoms with Crippen molar-refractivity contribution in [3.63, 3.8) is 0 Å². The maximum Gasteiger partial charge on any atom is 0.330 e. The van der Waals surface area contributed by atoms with Gasteiger partial charge >= 0.3 is 12.0 Å². The number of carbonyl (C=O) groups is 3. The summed E-state index contributed by atoms with van der Waals surface area (Å²) in [6.45, 7) is 1.42. The number of piperidine rings is 1. The molecule has 0 bridgehead atoms. The van der Waals surface area contributed by atoms with Crippen molar-refractivity contribution in [2.45, 2.75) is 18.9 Å². The van der Waals surface area contributed by atoms with Crippen LogP contribution in [0.2, 0.25) is 0 Å². The highest BCUT2D eigenvalue weighted by Crippen LogP contribution is 2.23. The van der Waals surface area contributed by atoms with Gasteiger partial charge in [-0.15, -0.1) is 0 Å². The lowest BCUT2D eigenvalue weighted by molar-refractivity contribution is -0.149. The van der Waals surface area contributed by atoms with Crippen molar-refractivity contribution in [2.24, 2.45) is 5.92 Å². The summed E-state index contributed by atoms with van der Waals surface area (Å²) in [7, 11) is 3.40. The zero-order valence-corrected chi connectivity index (χ0v) is 12.4. The minimum Gasteiger partial charge on any atom is -0.479 e. The van der Waals surface area contributed by atoms with Gasteiger partial charge in [-0.2, -0.15) is 0 Å². The Morgan fingerprint density at radius 3 is 2.33 bits per heavy atom. The van der Waals surface area contributed by atoms with Gasteiger partial charge in [0.25, 0.3) is 0 Å². The van der Waals surface area contributed by atoms with Crippen LogP contribution in [0, 0.1) is 5.92 Å². The molecule has 3 amide bonds. The molecule has 0 unspecified atom stereocenters. The van der Waals surface area contributed by atoms with Crippen molar-refractivity contribution in [3.05, 3.63) is 12.2 Å². The minimum atomic E-state index is -1.00. The van der Waals surface area contributed by atoms with Gasteiger partial charge in [0.15, 0.2) is 0 Å². The third-order valence-electron chi connectivity index (χ3n) is 3.99. The Hall–Kier alpha value is -2.05. The zero-order valence-electron chi connectivity index (χ0n) is 12.4. The highest BCUT2D eigenvalue weighted by Gasteiger charge is 2.36. The number of nitrogens with zero attached hydrogens (tertiary/aromatic N) is 3. The fourth-order valence-corrected chi connectivity index (χ4v) is 2.80. The van der Waals surface area contributed by atoms with E-state index in [0.717, 1.165) is 0 Å². The van der Waals surface area contributed by atoms with Gasteiger partial charge < -0.3 is 19.8 Å². The van der Waals surface area contributed by atoms with E-state index in [9.17, 15) is 14.4 Å². The van der Waals surface area contributed by atoms with Gasteiger partial charge in [0, 0.05) is 39.6 Å². The van der Waals surface area contributed by atoms with Crippen molar-refractivity contribution in [2.75, 3.05) is 33.7 Å². The molecule has 2 aliphatic rings. The molecule has 7 nitrogen and oxygen atoms in total.